The van der Waals surface area contributed by atoms with Crippen molar-refractivity contribution in [2.45, 2.75) is 46.2 Å². The monoisotopic (exact) mass is 298 g/mol. The molecule has 0 aliphatic heterocycles. The van der Waals surface area contributed by atoms with Crippen LogP contribution < -0.4 is 10.2 Å². The minimum Gasteiger partial charge on any atom is -0.396 e. The number of hydrogen-bond acceptors (Lipinski definition) is 3. The number of halogens is 1. The zero-order valence-corrected chi connectivity index (χ0v) is 13.7. The summed E-state index contributed by atoms with van der Waals surface area (Å²) in [6, 6.07) is 6.88. The third-order valence-electron chi connectivity index (χ3n) is 3.47. The Hall–Kier alpha value is -0.770. The normalized spacial score (nSPS) is 12.8. The first-order valence-electron chi connectivity index (χ1n) is 7.41. The van der Waals surface area contributed by atoms with Crippen LogP contribution in [0.4, 0.5) is 5.69 Å². The van der Waals surface area contributed by atoms with Crippen LogP contribution in [-0.4, -0.2) is 30.8 Å². The molecule has 0 radical (unpaired) electrons. The molecular formula is C16H27ClN2O. The van der Waals surface area contributed by atoms with Crippen molar-refractivity contribution in [2.24, 2.45) is 0 Å². The van der Waals surface area contributed by atoms with Crippen LogP contribution in [0.3, 0.4) is 0 Å². The summed E-state index contributed by atoms with van der Waals surface area (Å²) in [6.45, 7) is 10.5. The molecule has 2 N–H and O–H groups in total. The summed E-state index contributed by atoms with van der Waals surface area (Å²) in [6.07, 6.45) is 0.769. The highest BCUT2D eigenvalue weighted by Gasteiger charge is 2.14. The van der Waals surface area contributed by atoms with E-state index in [-0.39, 0.29) is 12.6 Å². The Morgan fingerprint density at radius 3 is 2.50 bits per heavy atom. The van der Waals surface area contributed by atoms with E-state index in [0.717, 1.165) is 35.8 Å². The number of nitrogens with zero attached hydrogens (tertiary/aromatic N) is 1. The van der Waals surface area contributed by atoms with Crippen molar-refractivity contribution in [3.8, 4) is 0 Å². The minimum atomic E-state index is 0.215. The fourth-order valence-electron chi connectivity index (χ4n) is 2.39. The van der Waals surface area contributed by atoms with E-state index in [0.29, 0.717) is 6.04 Å². The molecule has 114 valence electrons. The second-order valence-corrected chi connectivity index (χ2v) is 5.76. The quantitative estimate of drug-likeness (QED) is 0.769. The van der Waals surface area contributed by atoms with E-state index in [1.54, 1.807) is 0 Å². The van der Waals surface area contributed by atoms with E-state index in [1.807, 2.05) is 6.07 Å². The van der Waals surface area contributed by atoms with Crippen molar-refractivity contribution in [3.05, 3.63) is 28.8 Å². The summed E-state index contributed by atoms with van der Waals surface area (Å²) in [5.41, 5.74) is 2.24. The van der Waals surface area contributed by atoms with Gasteiger partial charge in [-0.15, -0.1) is 0 Å². The molecule has 1 atom stereocenters. The molecule has 0 heterocycles. The standard InChI is InChI=1S/C16H27ClN2O/c1-5-18-13(4)15-8-7-14(11-16(15)17)19(12(2)3)9-6-10-20/h7-8,11-13,18,20H,5-6,9-10H2,1-4H3. The van der Waals surface area contributed by atoms with Crippen molar-refractivity contribution in [2.75, 3.05) is 24.6 Å². The third-order valence-corrected chi connectivity index (χ3v) is 3.80. The van der Waals surface area contributed by atoms with Gasteiger partial charge in [0.1, 0.15) is 0 Å². The molecule has 0 spiro atoms. The smallest absolute Gasteiger partial charge is 0.0474 e. The van der Waals surface area contributed by atoms with Gasteiger partial charge in [0.05, 0.1) is 0 Å². The van der Waals surface area contributed by atoms with Gasteiger partial charge in [0.15, 0.2) is 0 Å². The van der Waals surface area contributed by atoms with Crippen LogP contribution in [-0.2, 0) is 0 Å². The first kappa shape index (κ1) is 17.3. The van der Waals surface area contributed by atoms with Gasteiger partial charge in [-0.05, 0) is 51.4 Å². The molecule has 0 saturated heterocycles. The van der Waals surface area contributed by atoms with Crippen molar-refractivity contribution in [3.63, 3.8) is 0 Å². The van der Waals surface area contributed by atoms with E-state index >= 15 is 0 Å². The highest BCUT2D eigenvalue weighted by molar-refractivity contribution is 6.31. The van der Waals surface area contributed by atoms with Crippen LogP contribution in [0.5, 0.6) is 0 Å². The lowest BCUT2D eigenvalue weighted by Crippen LogP contribution is -2.32. The molecule has 1 aromatic carbocycles. The molecular weight excluding hydrogens is 272 g/mol. The van der Waals surface area contributed by atoms with Gasteiger partial charge in [0.25, 0.3) is 0 Å². The molecule has 1 rings (SSSR count). The van der Waals surface area contributed by atoms with E-state index in [2.05, 4.69) is 50.0 Å². The minimum absolute atomic E-state index is 0.215. The second kappa shape index (κ2) is 8.50. The number of anilines is 1. The maximum Gasteiger partial charge on any atom is 0.0474 e. The van der Waals surface area contributed by atoms with Gasteiger partial charge in [-0.2, -0.15) is 0 Å². The van der Waals surface area contributed by atoms with Gasteiger partial charge in [0, 0.05) is 35.9 Å². The largest absolute Gasteiger partial charge is 0.396 e. The molecule has 3 nitrogen and oxygen atoms in total. The summed E-state index contributed by atoms with van der Waals surface area (Å²) in [5.74, 6) is 0. The van der Waals surface area contributed by atoms with Crippen LogP contribution in [0.1, 0.15) is 45.7 Å². The van der Waals surface area contributed by atoms with E-state index < -0.39 is 0 Å². The highest BCUT2D eigenvalue weighted by atomic mass is 35.5. The van der Waals surface area contributed by atoms with E-state index in [1.165, 1.54) is 0 Å². The van der Waals surface area contributed by atoms with Crippen LogP contribution in [0.2, 0.25) is 5.02 Å². The molecule has 1 unspecified atom stereocenters. The predicted octanol–water partition coefficient (Wildman–Crippen LogP) is 3.61. The fourth-order valence-corrected chi connectivity index (χ4v) is 2.73. The zero-order valence-electron chi connectivity index (χ0n) is 13.0. The average molecular weight is 299 g/mol. The Kier molecular flexibility index (Phi) is 7.35. The number of aliphatic hydroxyl groups excluding tert-OH is 1. The summed E-state index contributed by atoms with van der Waals surface area (Å²) < 4.78 is 0. The van der Waals surface area contributed by atoms with E-state index in [9.17, 15) is 0 Å². The zero-order chi connectivity index (χ0) is 15.1. The Morgan fingerprint density at radius 2 is 2.00 bits per heavy atom. The fraction of sp³-hybridized carbons (Fsp3) is 0.625. The molecule has 0 aliphatic carbocycles. The van der Waals surface area contributed by atoms with E-state index in [4.69, 9.17) is 16.7 Å². The maximum absolute atomic E-state index is 9.01. The first-order chi connectivity index (χ1) is 9.51. The maximum atomic E-state index is 9.01. The van der Waals surface area contributed by atoms with Crippen molar-refractivity contribution < 1.29 is 5.11 Å². The third kappa shape index (κ3) is 4.65. The number of nitrogens with one attached hydrogen (secondary N) is 1. The van der Waals surface area contributed by atoms with Gasteiger partial charge in [-0.1, -0.05) is 24.6 Å². The van der Waals surface area contributed by atoms with Crippen LogP contribution in [0.15, 0.2) is 18.2 Å². The van der Waals surface area contributed by atoms with Gasteiger partial charge >= 0.3 is 0 Å². The number of benzene rings is 1. The first-order valence-corrected chi connectivity index (χ1v) is 7.79. The Balaban J connectivity index is 2.93. The summed E-state index contributed by atoms with van der Waals surface area (Å²) in [4.78, 5) is 2.27. The number of hydrogen-bond donors (Lipinski definition) is 2. The SMILES string of the molecule is CCNC(C)c1ccc(N(CCCO)C(C)C)cc1Cl. The van der Waals surface area contributed by atoms with Crippen molar-refractivity contribution in [1.82, 2.24) is 5.32 Å². The summed E-state index contributed by atoms with van der Waals surface area (Å²) in [5, 5.41) is 13.2. The summed E-state index contributed by atoms with van der Waals surface area (Å²) in [7, 11) is 0. The topological polar surface area (TPSA) is 35.5 Å². The highest BCUT2D eigenvalue weighted by Crippen LogP contribution is 2.29. The number of rotatable bonds is 8. The van der Waals surface area contributed by atoms with Crippen LogP contribution in [0.25, 0.3) is 0 Å². The lowest BCUT2D eigenvalue weighted by molar-refractivity contribution is 0.288. The molecule has 0 aliphatic rings. The summed E-state index contributed by atoms with van der Waals surface area (Å²) >= 11 is 6.43. The molecule has 0 bridgehead atoms. The molecule has 4 heteroatoms. The Bertz CT molecular complexity index is 409. The number of aliphatic hydroxyl groups is 1. The van der Waals surface area contributed by atoms with Crippen LogP contribution >= 0.6 is 11.6 Å². The van der Waals surface area contributed by atoms with Crippen molar-refractivity contribution in [1.29, 1.82) is 0 Å². The Labute approximate surface area is 127 Å². The molecule has 1 aromatic rings. The van der Waals surface area contributed by atoms with Gasteiger partial charge < -0.3 is 15.3 Å². The Morgan fingerprint density at radius 1 is 1.30 bits per heavy atom. The van der Waals surface area contributed by atoms with Crippen molar-refractivity contribution >= 4 is 17.3 Å². The predicted molar refractivity (Wildman–Crippen MR) is 87.7 cm³/mol. The van der Waals surface area contributed by atoms with Gasteiger partial charge in [0.2, 0.25) is 0 Å². The molecule has 0 amide bonds. The molecule has 0 saturated carbocycles. The lowest BCUT2D eigenvalue weighted by Gasteiger charge is -2.29. The molecule has 0 fully saturated rings. The second-order valence-electron chi connectivity index (χ2n) is 5.35. The van der Waals surface area contributed by atoms with Crippen LogP contribution in [0, 0.1) is 0 Å². The molecule has 0 aromatic heterocycles. The van der Waals surface area contributed by atoms with Gasteiger partial charge in [-0.3, -0.25) is 0 Å². The average Bonchev–Trinajstić information content (AvgIpc) is 2.39. The van der Waals surface area contributed by atoms with Gasteiger partial charge in [-0.25, -0.2) is 0 Å². The lowest BCUT2D eigenvalue weighted by atomic mass is 10.1. The molecule has 20 heavy (non-hydrogen) atoms.